The molecule has 2 fully saturated rings. The summed E-state index contributed by atoms with van der Waals surface area (Å²) in [6, 6.07) is 0. The van der Waals surface area contributed by atoms with E-state index >= 15 is 0 Å². The molecule has 2 unspecified atom stereocenters. The van der Waals surface area contributed by atoms with Gasteiger partial charge in [-0.25, -0.2) is 0 Å². The number of amides is 1. The van der Waals surface area contributed by atoms with Gasteiger partial charge in [-0.3, -0.25) is 14.4 Å². The highest BCUT2D eigenvalue weighted by Crippen LogP contribution is 2.39. The zero-order chi connectivity index (χ0) is 20.3. The number of nitrogens with one attached hydrogen (secondary N) is 1. The highest BCUT2D eigenvalue weighted by atomic mass is 16.5. The second kappa shape index (κ2) is 11.8. The molecule has 0 aromatic heterocycles. The Labute approximate surface area is 155 Å². The van der Waals surface area contributed by atoms with Crippen LogP contribution in [0.4, 0.5) is 0 Å². The number of hydrogen-bond acceptors (Lipinski definition) is 6. The first-order chi connectivity index (χ1) is 12.0. The summed E-state index contributed by atoms with van der Waals surface area (Å²) in [5.74, 6) is -0.935. The monoisotopic (exact) mass is 375 g/mol. The molecule has 0 saturated carbocycles. The third kappa shape index (κ3) is 9.12. The van der Waals surface area contributed by atoms with Gasteiger partial charge >= 0.3 is 0 Å². The first kappa shape index (κ1) is 24.3. The van der Waals surface area contributed by atoms with Crippen LogP contribution in [0.15, 0.2) is 0 Å². The predicted octanol–water partition coefficient (Wildman–Crippen LogP) is -0.186. The van der Waals surface area contributed by atoms with E-state index in [4.69, 9.17) is 24.5 Å². The number of carbonyl (C=O) groups excluding carboxylic acids is 1. The predicted molar refractivity (Wildman–Crippen MR) is 97.0 cm³/mol. The van der Waals surface area contributed by atoms with Gasteiger partial charge in [0.25, 0.3) is 11.9 Å². The molecule has 9 heteroatoms. The Morgan fingerprint density at radius 3 is 2.23 bits per heavy atom. The van der Waals surface area contributed by atoms with Crippen LogP contribution >= 0.6 is 0 Å². The standard InChI is InChI=1S/C13H25N3O2.2C2H4O2/c1-4-18-7-12(17)16-6-11-5-14-8-13(11,10-16)9-15(2)3;2*1-2(3)4/h11,14H,4-10H2,1-3H3;2*1H3,(H,3,4). The molecule has 2 saturated heterocycles. The molecule has 0 radical (unpaired) electrons. The first-order valence-corrected chi connectivity index (χ1v) is 8.64. The van der Waals surface area contributed by atoms with Gasteiger partial charge in [-0.2, -0.15) is 0 Å². The Bertz CT molecular complexity index is 451. The van der Waals surface area contributed by atoms with E-state index in [0.717, 1.165) is 46.6 Å². The van der Waals surface area contributed by atoms with Crippen LogP contribution in [0.3, 0.4) is 0 Å². The Hall–Kier alpha value is -1.71. The minimum absolute atomic E-state index is 0.143. The molecule has 0 aromatic rings. The van der Waals surface area contributed by atoms with Gasteiger partial charge in [-0.15, -0.1) is 0 Å². The summed E-state index contributed by atoms with van der Waals surface area (Å²) >= 11 is 0. The van der Waals surface area contributed by atoms with Gasteiger partial charge in [0.1, 0.15) is 6.61 Å². The van der Waals surface area contributed by atoms with E-state index in [1.165, 1.54) is 0 Å². The van der Waals surface area contributed by atoms with Gasteiger partial charge in [0.05, 0.1) is 0 Å². The van der Waals surface area contributed by atoms with Crippen molar-refractivity contribution in [2.45, 2.75) is 20.8 Å². The molecule has 2 heterocycles. The zero-order valence-corrected chi connectivity index (χ0v) is 16.4. The fraction of sp³-hybridized carbons (Fsp3) is 0.824. The molecule has 2 aliphatic heterocycles. The van der Waals surface area contributed by atoms with Gasteiger partial charge in [0.2, 0.25) is 5.91 Å². The van der Waals surface area contributed by atoms with Crippen LogP contribution in [0.1, 0.15) is 20.8 Å². The van der Waals surface area contributed by atoms with Crippen molar-refractivity contribution in [3.05, 3.63) is 0 Å². The van der Waals surface area contributed by atoms with Crippen molar-refractivity contribution in [2.75, 3.05) is 60.0 Å². The van der Waals surface area contributed by atoms with E-state index < -0.39 is 11.9 Å². The van der Waals surface area contributed by atoms with Crippen molar-refractivity contribution in [3.63, 3.8) is 0 Å². The molecule has 2 rings (SSSR count). The van der Waals surface area contributed by atoms with E-state index in [-0.39, 0.29) is 17.9 Å². The normalized spacial score (nSPS) is 23.5. The molecule has 0 bridgehead atoms. The molecule has 2 aliphatic rings. The summed E-state index contributed by atoms with van der Waals surface area (Å²) in [7, 11) is 4.21. The number of hydrogen-bond donors (Lipinski definition) is 3. The minimum Gasteiger partial charge on any atom is -0.481 e. The number of rotatable bonds is 5. The smallest absolute Gasteiger partial charge is 0.300 e. The fourth-order valence-corrected chi connectivity index (χ4v) is 3.35. The summed E-state index contributed by atoms with van der Waals surface area (Å²) in [5, 5.41) is 18.3. The van der Waals surface area contributed by atoms with Crippen molar-refractivity contribution in [2.24, 2.45) is 11.3 Å². The lowest BCUT2D eigenvalue weighted by atomic mass is 9.80. The second-order valence-corrected chi connectivity index (χ2v) is 6.88. The van der Waals surface area contributed by atoms with Crippen LogP contribution in [0.25, 0.3) is 0 Å². The average Bonchev–Trinajstić information content (AvgIpc) is 2.99. The molecule has 0 aliphatic carbocycles. The number of carboxylic acids is 2. The fourth-order valence-electron chi connectivity index (χ4n) is 3.35. The summed E-state index contributed by atoms with van der Waals surface area (Å²) in [6.45, 7) is 9.77. The van der Waals surface area contributed by atoms with Gasteiger partial charge in [0.15, 0.2) is 0 Å². The van der Waals surface area contributed by atoms with Crippen LogP contribution in [0.5, 0.6) is 0 Å². The van der Waals surface area contributed by atoms with Crippen molar-refractivity contribution in [1.29, 1.82) is 0 Å². The molecular weight excluding hydrogens is 342 g/mol. The Kier molecular flexibility index (Phi) is 11.0. The summed E-state index contributed by atoms with van der Waals surface area (Å²) in [6.07, 6.45) is 0. The minimum atomic E-state index is -0.833. The van der Waals surface area contributed by atoms with Crippen molar-refractivity contribution in [3.8, 4) is 0 Å². The van der Waals surface area contributed by atoms with E-state index in [2.05, 4.69) is 24.3 Å². The molecular formula is C17H33N3O6. The van der Waals surface area contributed by atoms with E-state index in [1.54, 1.807) is 0 Å². The van der Waals surface area contributed by atoms with Gasteiger partial charge in [-0.05, 0) is 26.9 Å². The molecule has 3 N–H and O–H groups in total. The summed E-state index contributed by atoms with van der Waals surface area (Å²) < 4.78 is 5.23. The highest BCUT2D eigenvalue weighted by Gasteiger charge is 2.50. The Balaban J connectivity index is 0.000000662. The Morgan fingerprint density at radius 1 is 1.23 bits per heavy atom. The largest absolute Gasteiger partial charge is 0.481 e. The molecule has 0 aromatic carbocycles. The van der Waals surface area contributed by atoms with Crippen LogP contribution in [0.2, 0.25) is 0 Å². The maximum absolute atomic E-state index is 12.0. The van der Waals surface area contributed by atoms with Crippen molar-refractivity contribution >= 4 is 17.8 Å². The zero-order valence-electron chi connectivity index (χ0n) is 16.4. The van der Waals surface area contributed by atoms with Crippen LogP contribution in [-0.4, -0.2) is 97.9 Å². The van der Waals surface area contributed by atoms with Crippen LogP contribution < -0.4 is 5.32 Å². The lowest BCUT2D eigenvalue weighted by molar-refractivity contribution is -0.136. The number of nitrogens with zero attached hydrogens (tertiary/aromatic N) is 2. The first-order valence-electron chi connectivity index (χ1n) is 8.64. The van der Waals surface area contributed by atoms with Crippen LogP contribution in [0, 0.1) is 11.3 Å². The van der Waals surface area contributed by atoms with Crippen molar-refractivity contribution in [1.82, 2.24) is 15.1 Å². The number of aliphatic carboxylic acids is 2. The topological polar surface area (TPSA) is 119 Å². The van der Waals surface area contributed by atoms with E-state index in [0.29, 0.717) is 12.5 Å². The van der Waals surface area contributed by atoms with Gasteiger partial charge in [-0.1, -0.05) is 0 Å². The number of carbonyl (C=O) groups is 3. The molecule has 0 spiro atoms. The quantitative estimate of drug-likeness (QED) is 0.605. The Morgan fingerprint density at radius 2 is 1.77 bits per heavy atom. The van der Waals surface area contributed by atoms with Crippen molar-refractivity contribution < 1.29 is 29.3 Å². The molecule has 2 atom stereocenters. The number of likely N-dealkylation sites (tertiary alicyclic amines) is 1. The second-order valence-electron chi connectivity index (χ2n) is 6.88. The number of fused-ring (bicyclic) bond motifs is 1. The van der Waals surface area contributed by atoms with Gasteiger partial charge < -0.3 is 30.1 Å². The van der Waals surface area contributed by atoms with E-state index in [9.17, 15) is 4.79 Å². The molecule has 1 amide bonds. The molecule has 9 nitrogen and oxygen atoms in total. The maximum Gasteiger partial charge on any atom is 0.300 e. The maximum atomic E-state index is 12.0. The third-order valence-electron chi connectivity index (χ3n) is 4.09. The lowest BCUT2D eigenvalue weighted by Crippen LogP contribution is -2.42. The molecule has 26 heavy (non-hydrogen) atoms. The summed E-state index contributed by atoms with van der Waals surface area (Å²) in [5.41, 5.74) is 0.241. The average molecular weight is 375 g/mol. The number of carboxylic acid groups (broad SMARTS) is 2. The highest BCUT2D eigenvalue weighted by molar-refractivity contribution is 5.78. The SMILES string of the molecule is CC(=O)O.CC(=O)O.CCOCC(=O)N1CC2CNCC2(CN(C)C)C1. The molecule has 152 valence electrons. The van der Waals surface area contributed by atoms with Crippen LogP contribution in [-0.2, 0) is 19.1 Å². The third-order valence-corrected chi connectivity index (χ3v) is 4.09. The summed E-state index contributed by atoms with van der Waals surface area (Å²) in [4.78, 5) is 34.3. The number of ether oxygens (including phenoxy) is 1. The van der Waals surface area contributed by atoms with E-state index in [1.807, 2.05) is 11.8 Å². The van der Waals surface area contributed by atoms with Gasteiger partial charge in [0, 0.05) is 58.6 Å². The lowest BCUT2D eigenvalue weighted by Gasteiger charge is -2.31.